The van der Waals surface area contributed by atoms with Crippen molar-refractivity contribution in [3.05, 3.63) is 58.5 Å². The van der Waals surface area contributed by atoms with Crippen molar-refractivity contribution in [3.63, 3.8) is 0 Å². The van der Waals surface area contributed by atoms with E-state index in [1.807, 2.05) is 6.92 Å². The monoisotopic (exact) mass is 386 g/mol. The van der Waals surface area contributed by atoms with Crippen LogP contribution in [0.15, 0.2) is 40.8 Å². The first-order chi connectivity index (χ1) is 13.1. The Hall–Kier alpha value is -2.18. The number of hydrogen-bond acceptors (Lipinski definition) is 5. The molecule has 0 N–H and O–H groups in total. The van der Waals surface area contributed by atoms with Crippen molar-refractivity contribution < 1.29 is 13.5 Å². The lowest BCUT2D eigenvalue weighted by molar-refractivity contribution is 0.0927. The third kappa shape index (κ3) is 4.22. The first-order valence-electron chi connectivity index (χ1n) is 9.25. The third-order valence-electron chi connectivity index (χ3n) is 4.88. The molecule has 4 rings (SSSR count). The Morgan fingerprint density at radius 1 is 1.19 bits per heavy atom. The van der Waals surface area contributed by atoms with Crippen molar-refractivity contribution in [2.75, 3.05) is 13.1 Å². The second-order valence-corrected chi connectivity index (χ2v) is 8.24. The minimum Gasteiger partial charge on any atom is -0.487 e. The third-order valence-corrected chi connectivity index (χ3v) is 5.87. The van der Waals surface area contributed by atoms with Crippen molar-refractivity contribution in [3.8, 4) is 16.5 Å². The fraction of sp³-hybridized carbons (Fsp3) is 0.381. The van der Waals surface area contributed by atoms with Gasteiger partial charge in [-0.05, 0) is 51.0 Å². The van der Waals surface area contributed by atoms with Crippen LogP contribution < -0.4 is 4.74 Å². The Morgan fingerprint density at radius 2 is 1.96 bits per heavy atom. The molecule has 0 spiro atoms. The van der Waals surface area contributed by atoms with Crippen LogP contribution in [-0.4, -0.2) is 29.1 Å². The lowest BCUT2D eigenvalue weighted by atomic mass is 10.1. The minimum absolute atomic E-state index is 0.0567. The number of nitrogens with zero attached hydrogens (tertiary/aromatic N) is 2. The zero-order valence-corrected chi connectivity index (χ0v) is 16.4. The van der Waals surface area contributed by atoms with Crippen LogP contribution in [0.4, 0.5) is 4.39 Å². The molecular formula is C21H23FN2O2S. The molecule has 3 aromatic rings. The van der Waals surface area contributed by atoms with Crippen LogP contribution in [0.5, 0.6) is 5.75 Å². The maximum atomic E-state index is 13.7. The average molecular weight is 386 g/mol. The summed E-state index contributed by atoms with van der Waals surface area (Å²) in [6.45, 7) is 6.63. The van der Waals surface area contributed by atoms with Gasteiger partial charge in [-0.15, -0.1) is 11.3 Å². The van der Waals surface area contributed by atoms with E-state index in [-0.39, 0.29) is 11.9 Å². The topological polar surface area (TPSA) is 38.5 Å². The summed E-state index contributed by atoms with van der Waals surface area (Å²) in [6.07, 6.45) is 1.81. The SMILES string of the molecule is Cc1ccc(-c2nc(CN3CCC(Oc4ccccc4F)CC3)c(C)o2)s1. The summed E-state index contributed by atoms with van der Waals surface area (Å²) in [7, 11) is 0. The molecule has 1 fully saturated rings. The van der Waals surface area contributed by atoms with Gasteiger partial charge in [-0.2, -0.15) is 0 Å². The van der Waals surface area contributed by atoms with Gasteiger partial charge in [0.15, 0.2) is 11.6 Å². The number of ether oxygens (including phenoxy) is 1. The normalized spacial score (nSPS) is 16.0. The molecule has 1 aromatic carbocycles. The van der Waals surface area contributed by atoms with E-state index in [1.54, 1.807) is 29.5 Å². The van der Waals surface area contributed by atoms with Gasteiger partial charge in [-0.1, -0.05) is 12.1 Å². The average Bonchev–Trinajstić information content (AvgIpc) is 3.25. The van der Waals surface area contributed by atoms with E-state index in [2.05, 4.69) is 24.0 Å². The zero-order valence-electron chi connectivity index (χ0n) is 15.6. The van der Waals surface area contributed by atoms with Crippen molar-refractivity contribution in [2.45, 2.75) is 39.3 Å². The molecule has 0 radical (unpaired) electrons. The van der Waals surface area contributed by atoms with Gasteiger partial charge < -0.3 is 9.15 Å². The first kappa shape index (κ1) is 18.2. The van der Waals surface area contributed by atoms with Crippen LogP contribution in [0, 0.1) is 19.7 Å². The lowest BCUT2D eigenvalue weighted by Gasteiger charge is -2.31. The molecule has 1 aliphatic rings. The number of oxazole rings is 1. The highest BCUT2D eigenvalue weighted by atomic mass is 32.1. The lowest BCUT2D eigenvalue weighted by Crippen LogP contribution is -2.38. The summed E-state index contributed by atoms with van der Waals surface area (Å²) < 4.78 is 25.5. The Morgan fingerprint density at radius 3 is 2.67 bits per heavy atom. The summed E-state index contributed by atoms with van der Waals surface area (Å²) in [4.78, 5) is 9.38. The number of rotatable bonds is 5. The quantitative estimate of drug-likeness (QED) is 0.604. The van der Waals surface area contributed by atoms with Crippen molar-refractivity contribution in [2.24, 2.45) is 0 Å². The van der Waals surface area contributed by atoms with Gasteiger partial charge in [-0.25, -0.2) is 9.37 Å². The Kier molecular flexibility index (Phi) is 5.27. The minimum atomic E-state index is -0.297. The van der Waals surface area contributed by atoms with Crippen LogP contribution in [0.1, 0.15) is 29.2 Å². The summed E-state index contributed by atoms with van der Waals surface area (Å²) in [5, 5.41) is 0. The molecule has 4 nitrogen and oxygen atoms in total. The van der Waals surface area contributed by atoms with Crippen molar-refractivity contribution in [1.82, 2.24) is 9.88 Å². The molecule has 1 saturated heterocycles. The van der Waals surface area contributed by atoms with E-state index >= 15 is 0 Å². The number of aryl methyl sites for hydroxylation is 2. The van der Waals surface area contributed by atoms with Crippen LogP contribution in [0.3, 0.4) is 0 Å². The molecule has 0 bridgehead atoms. The van der Waals surface area contributed by atoms with Crippen LogP contribution in [-0.2, 0) is 6.54 Å². The van der Waals surface area contributed by atoms with Gasteiger partial charge in [0.05, 0.1) is 10.6 Å². The Labute approximate surface area is 162 Å². The number of para-hydroxylation sites is 1. The molecule has 27 heavy (non-hydrogen) atoms. The molecule has 0 saturated carbocycles. The molecule has 0 atom stereocenters. The first-order valence-corrected chi connectivity index (χ1v) is 10.1. The highest BCUT2D eigenvalue weighted by Crippen LogP contribution is 2.29. The molecule has 0 amide bonds. The van der Waals surface area contributed by atoms with Crippen molar-refractivity contribution in [1.29, 1.82) is 0 Å². The van der Waals surface area contributed by atoms with E-state index in [4.69, 9.17) is 14.1 Å². The fourth-order valence-electron chi connectivity index (χ4n) is 3.35. The molecule has 2 aromatic heterocycles. The molecule has 0 unspecified atom stereocenters. The largest absolute Gasteiger partial charge is 0.487 e. The molecule has 142 valence electrons. The highest BCUT2D eigenvalue weighted by molar-refractivity contribution is 7.15. The second-order valence-electron chi connectivity index (χ2n) is 6.96. The van der Waals surface area contributed by atoms with Crippen LogP contribution in [0.2, 0.25) is 0 Å². The maximum Gasteiger partial charge on any atom is 0.236 e. The molecule has 1 aliphatic heterocycles. The van der Waals surface area contributed by atoms with E-state index in [0.29, 0.717) is 11.6 Å². The van der Waals surface area contributed by atoms with Gasteiger partial charge in [0.1, 0.15) is 11.9 Å². The molecule has 6 heteroatoms. The number of likely N-dealkylation sites (tertiary alicyclic amines) is 1. The molecular weight excluding hydrogens is 363 g/mol. The predicted molar refractivity (Wildman–Crippen MR) is 105 cm³/mol. The Balaban J connectivity index is 1.34. The summed E-state index contributed by atoms with van der Waals surface area (Å²) in [5.74, 6) is 1.63. The van der Waals surface area contributed by atoms with E-state index in [0.717, 1.165) is 48.8 Å². The summed E-state index contributed by atoms with van der Waals surface area (Å²) >= 11 is 1.69. The number of benzene rings is 1. The number of halogens is 1. The number of aromatic nitrogens is 1. The van der Waals surface area contributed by atoms with Gasteiger partial charge >= 0.3 is 0 Å². The number of thiophene rings is 1. The maximum absolute atomic E-state index is 13.7. The van der Waals surface area contributed by atoms with Gasteiger partial charge in [0, 0.05) is 24.5 Å². The van der Waals surface area contributed by atoms with Crippen LogP contribution in [0.25, 0.3) is 10.8 Å². The zero-order chi connectivity index (χ0) is 18.8. The van der Waals surface area contributed by atoms with E-state index in [1.165, 1.54) is 10.9 Å². The predicted octanol–water partition coefficient (Wildman–Crippen LogP) is 5.20. The molecule has 0 aliphatic carbocycles. The van der Waals surface area contributed by atoms with E-state index in [9.17, 15) is 4.39 Å². The Bertz CT molecular complexity index is 913. The van der Waals surface area contributed by atoms with Crippen LogP contribution >= 0.6 is 11.3 Å². The molecule has 3 heterocycles. The number of hydrogen-bond donors (Lipinski definition) is 0. The van der Waals surface area contributed by atoms with Gasteiger partial charge in [0.2, 0.25) is 5.89 Å². The van der Waals surface area contributed by atoms with E-state index < -0.39 is 0 Å². The van der Waals surface area contributed by atoms with Crippen molar-refractivity contribution >= 4 is 11.3 Å². The second kappa shape index (κ2) is 7.82. The highest BCUT2D eigenvalue weighted by Gasteiger charge is 2.23. The summed E-state index contributed by atoms with van der Waals surface area (Å²) in [5.41, 5.74) is 0.990. The fourth-order valence-corrected chi connectivity index (χ4v) is 4.14. The summed E-state index contributed by atoms with van der Waals surface area (Å²) in [6, 6.07) is 10.7. The standard InChI is InChI=1S/C21H23FN2O2S/c1-14-7-8-20(27-14)21-23-18(15(2)25-21)13-24-11-9-16(10-12-24)26-19-6-4-3-5-17(19)22/h3-8,16H,9-13H2,1-2H3. The van der Waals surface area contributed by atoms with Gasteiger partial charge in [-0.3, -0.25) is 4.90 Å². The number of piperidine rings is 1. The smallest absolute Gasteiger partial charge is 0.236 e. The van der Waals surface area contributed by atoms with Gasteiger partial charge in [0.25, 0.3) is 0 Å².